The first-order chi connectivity index (χ1) is 8.30. The van der Waals surface area contributed by atoms with Crippen LogP contribution >= 0.6 is 0 Å². The van der Waals surface area contributed by atoms with Crippen LogP contribution in [0.25, 0.3) is 0 Å². The quantitative estimate of drug-likeness (QED) is 0.652. The fraction of sp³-hybridized carbons (Fsp3) is 0.333. The van der Waals surface area contributed by atoms with E-state index in [4.69, 9.17) is 5.11 Å². The van der Waals surface area contributed by atoms with Gasteiger partial charge >= 0.3 is 6.18 Å². The van der Waals surface area contributed by atoms with Crippen LogP contribution in [0.2, 0.25) is 0 Å². The lowest BCUT2D eigenvalue weighted by molar-refractivity contribution is -0.205. The molecule has 0 saturated heterocycles. The SMILES string of the molecule is O=C(CC(=O)c1ccccc1)CC(O)C(F)(F)F. The standard InChI is InChI=1S/C12H11F3O3/c13-12(14,15)11(18)7-9(16)6-10(17)8-4-2-1-3-5-8/h1-5,11,18H,6-7H2. The van der Waals surface area contributed by atoms with Gasteiger partial charge in [0, 0.05) is 12.0 Å². The monoisotopic (exact) mass is 260 g/mol. The Morgan fingerprint density at radius 3 is 2.22 bits per heavy atom. The second kappa shape index (κ2) is 5.77. The van der Waals surface area contributed by atoms with E-state index in [0.29, 0.717) is 0 Å². The molecule has 0 spiro atoms. The van der Waals surface area contributed by atoms with Crippen LogP contribution in [0.5, 0.6) is 0 Å². The zero-order chi connectivity index (χ0) is 13.8. The Morgan fingerprint density at radius 1 is 1.17 bits per heavy atom. The molecule has 1 aromatic carbocycles. The lowest BCUT2D eigenvalue weighted by Gasteiger charge is -2.13. The molecule has 0 radical (unpaired) electrons. The first kappa shape index (κ1) is 14.4. The third-order valence-electron chi connectivity index (χ3n) is 2.25. The largest absolute Gasteiger partial charge is 0.414 e. The molecule has 1 atom stereocenters. The Hall–Kier alpha value is -1.69. The maximum Gasteiger partial charge on any atom is 0.414 e. The molecule has 0 fully saturated rings. The number of halogens is 3. The topological polar surface area (TPSA) is 54.4 Å². The van der Waals surface area contributed by atoms with Crippen LogP contribution in [0.3, 0.4) is 0 Å². The smallest absolute Gasteiger partial charge is 0.383 e. The summed E-state index contributed by atoms with van der Waals surface area (Å²) in [6, 6.07) is 7.78. The maximum absolute atomic E-state index is 12.0. The minimum Gasteiger partial charge on any atom is -0.383 e. The number of alkyl halides is 3. The molecular weight excluding hydrogens is 249 g/mol. The van der Waals surface area contributed by atoms with Crippen LogP contribution in [0.15, 0.2) is 30.3 Å². The normalized spacial score (nSPS) is 13.1. The number of ketones is 2. The van der Waals surface area contributed by atoms with Gasteiger partial charge in [0.05, 0.1) is 6.42 Å². The summed E-state index contributed by atoms with van der Waals surface area (Å²) in [5.74, 6) is -1.50. The summed E-state index contributed by atoms with van der Waals surface area (Å²) in [6.45, 7) is 0. The molecule has 1 N–H and O–H groups in total. The van der Waals surface area contributed by atoms with Crippen LogP contribution < -0.4 is 0 Å². The van der Waals surface area contributed by atoms with Gasteiger partial charge in [0.2, 0.25) is 0 Å². The van der Waals surface area contributed by atoms with Crippen molar-refractivity contribution in [2.24, 2.45) is 0 Å². The van der Waals surface area contributed by atoms with Gasteiger partial charge in [-0.25, -0.2) is 0 Å². The molecule has 1 aromatic rings. The van der Waals surface area contributed by atoms with E-state index in [2.05, 4.69) is 0 Å². The average Bonchev–Trinajstić information content (AvgIpc) is 2.28. The predicted molar refractivity (Wildman–Crippen MR) is 57.1 cm³/mol. The van der Waals surface area contributed by atoms with E-state index in [-0.39, 0.29) is 5.56 Å². The number of rotatable bonds is 5. The number of hydrogen-bond donors (Lipinski definition) is 1. The van der Waals surface area contributed by atoms with Crippen LogP contribution in [-0.2, 0) is 4.79 Å². The number of aliphatic hydroxyl groups excluding tert-OH is 1. The van der Waals surface area contributed by atoms with E-state index < -0.39 is 36.7 Å². The van der Waals surface area contributed by atoms with Crippen molar-refractivity contribution >= 4 is 11.6 Å². The van der Waals surface area contributed by atoms with Crippen molar-refractivity contribution in [3.05, 3.63) is 35.9 Å². The predicted octanol–water partition coefficient (Wildman–Crippen LogP) is 2.14. The van der Waals surface area contributed by atoms with Gasteiger partial charge in [-0.1, -0.05) is 30.3 Å². The van der Waals surface area contributed by atoms with Gasteiger partial charge in [0.15, 0.2) is 11.9 Å². The molecule has 1 rings (SSSR count). The number of aliphatic hydroxyl groups is 1. The van der Waals surface area contributed by atoms with E-state index in [1.54, 1.807) is 18.2 Å². The highest BCUT2D eigenvalue weighted by molar-refractivity contribution is 6.08. The highest BCUT2D eigenvalue weighted by Crippen LogP contribution is 2.22. The molecule has 3 nitrogen and oxygen atoms in total. The Morgan fingerprint density at radius 2 is 1.72 bits per heavy atom. The van der Waals surface area contributed by atoms with Crippen LogP contribution in [-0.4, -0.2) is 29.0 Å². The summed E-state index contributed by atoms with van der Waals surface area (Å²) >= 11 is 0. The number of hydrogen-bond acceptors (Lipinski definition) is 3. The highest BCUT2D eigenvalue weighted by atomic mass is 19.4. The molecule has 0 bridgehead atoms. The van der Waals surface area contributed by atoms with Gasteiger partial charge < -0.3 is 5.11 Å². The molecule has 18 heavy (non-hydrogen) atoms. The van der Waals surface area contributed by atoms with Crippen LogP contribution in [0.4, 0.5) is 13.2 Å². The molecular formula is C12H11F3O3. The maximum atomic E-state index is 12.0. The molecule has 0 amide bonds. The summed E-state index contributed by atoms with van der Waals surface area (Å²) in [5.41, 5.74) is 0.257. The molecule has 98 valence electrons. The summed E-state index contributed by atoms with van der Waals surface area (Å²) in [4.78, 5) is 22.7. The molecule has 0 aliphatic rings. The third-order valence-corrected chi connectivity index (χ3v) is 2.25. The van der Waals surface area contributed by atoms with Gasteiger partial charge in [-0.15, -0.1) is 0 Å². The second-order valence-electron chi connectivity index (χ2n) is 3.77. The van der Waals surface area contributed by atoms with Crippen molar-refractivity contribution < 1.29 is 27.9 Å². The van der Waals surface area contributed by atoms with Crippen molar-refractivity contribution in [2.75, 3.05) is 0 Å². The first-order valence-electron chi connectivity index (χ1n) is 5.15. The van der Waals surface area contributed by atoms with Gasteiger partial charge in [-0.2, -0.15) is 13.2 Å². The van der Waals surface area contributed by atoms with E-state index >= 15 is 0 Å². The minimum atomic E-state index is -4.84. The minimum absolute atomic E-state index is 0.257. The van der Waals surface area contributed by atoms with E-state index in [0.717, 1.165) is 0 Å². The highest BCUT2D eigenvalue weighted by Gasteiger charge is 2.39. The molecule has 1 unspecified atom stereocenters. The van der Waals surface area contributed by atoms with E-state index in [1.807, 2.05) is 0 Å². The fourth-order valence-electron chi connectivity index (χ4n) is 1.31. The number of benzene rings is 1. The Balaban J connectivity index is 2.54. The van der Waals surface area contributed by atoms with E-state index in [9.17, 15) is 22.8 Å². The second-order valence-corrected chi connectivity index (χ2v) is 3.77. The molecule has 0 aliphatic carbocycles. The average molecular weight is 260 g/mol. The molecule has 0 aliphatic heterocycles. The summed E-state index contributed by atoms with van der Waals surface area (Å²) in [7, 11) is 0. The lowest BCUT2D eigenvalue weighted by Crippen LogP contribution is -2.31. The van der Waals surface area contributed by atoms with Crippen molar-refractivity contribution in [1.29, 1.82) is 0 Å². The molecule has 0 saturated carbocycles. The van der Waals surface area contributed by atoms with Crippen molar-refractivity contribution in [3.8, 4) is 0 Å². The zero-order valence-corrected chi connectivity index (χ0v) is 9.28. The summed E-state index contributed by atoms with van der Waals surface area (Å²) in [5, 5.41) is 8.68. The van der Waals surface area contributed by atoms with Crippen LogP contribution in [0.1, 0.15) is 23.2 Å². The number of carbonyl (C=O) groups excluding carboxylic acids is 2. The number of carbonyl (C=O) groups is 2. The Bertz CT molecular complexity index is 426. The van der Waals surface area contributed by atoms with Gasteiger partial charge in [0.1, 0.15) is 5.78 Å². The van der Waals surface area contributed by atoms with Gasteiger partial charge in [0.25, 0.3) is 0 Å². The summed E-state index contributed by atoms with van der Waals surface area (Å²) < 4.78 is 35.9. The van der Waals surface area contributed by atoms with Crippen molar-refractivity contribution in [3.63, 3.8) is 0 Å². The Labute approximate surface area is 101 Å². The number of Topliss-reactive ketones (excluding diaryl/α,β-unsaturated/α-hetero) is 2. The molecule has 0 heterocycles. The molecule has 6 heteroatoms. The molecule has 0 aromatic heterocycles. The zero-order valence-electron chi connectivity index (χ0n) is 9.28. The fourth-order valence-corrected chi connectivity index (χ4v) is 1.31. The van der Waals surface area contributed by atoms with Crippen molar-refractivity contribution in [2.45, 2.75) is 25.1 Å². The first-order valence-corrected chi connectivity index (χ1v) is 5.15. The van der Waals surface area contributed by atoms with Crippen LogP contribution in [0, 0.1) is 0 Å². The van der Waals surface area contributed by atoms with Gasteiger partial charge in [-0.05, 0) is 0 Å². The summed E-state index contributed by atoms with van der Waals surface area (Å²) in [6.07, 6.45) is -9.29. The Kier molecular flexibility index (Phi) is 4.61. The van der Waals surface area contributed by atoms with Crippen molar-refractivity contribution in [1.82, 2.24) is 0 Å². The van der Waals surface area contributed by atoms with Gasteiger partial charge in [-0.3, -0.25) is 9.59 Å². The van der Waals surface area contributed by atoms with E-state index in [1.165, 1.54) is 12.1 Å². The third kappa shape index (κ3) is 4.29. The lowest BCUT2D eigenvalue weighted by atomic mass is 10.0.